The Morgan fingerprint density at radius 1 is 1.04 bits per heavy atom. The summed E-state index contributed by atoms with van der Waals surface area (Å²) in [5.74, 6) is -0.937. The molecule has 0 unspecified atom stereocenters. The third-order valence-corrected chi connectivity index (χ3v) is 4.05. The summed E-state index contributed by atoms with van der Waals surface area (Å²) in [6.07, 6.45) is 0.445. The van der Waals surface area contributed by atoms with Gasteiger partial charge in [-0.25, -0.2) is 9.59 Å². The molecule has 0 bridgehead atoms. The van der Waals surface area contributed by atoms with Gasteiger partial charge in [0.15, 0.2) is 0 Å². The highest BCUT2D eigenvalue weighted by Crippen LogP contribution is 2.33. The van der Waals surface area contributed by atoms with E-state index in [1.165, 1.54) is 0 Å². The number of carbonyl (C=O) groups excluding carboxylic acids is 1. The number of anilines is 1. The third-order valence-electron chi connectivity index (χ3n) is 4.05. The lowest BCUT2D eigenvalue weighted by Crippen LogP contribution is -2.35. The number of carboxylic acids is 1. The Bertz CT molecular complexity index is 819. The molecular formula is C20H21NO4. The molecule has 0 aliphatic carbocycles. The summed E-state index contributed by atoms with van der Waals surface area (Å²) in [5, 5.41) is 8.99. The fraction of sp³-hybridized carbons (Fsp3) is 0.300. The van der Waals surface area contributed by atoms with Gasteiger partial charge in [0.2, 0.25) is 0 Å². The van der Waals surface area contributed by atoms with Gasteiger partial charge in [-0.15, -0.1) is 0 Å². The molecule has 1 aliphatic heterocycles. The van der Waals surface area contributed by atoms with Crippen molar-refractivity contribution in [2.75, 3.05) is 11.4 Å². The van der Waals surface area contributed by atoms with Crippen molar-refractivity contribution in [1.82, 2.24) is 0 Å². The molecule has 1 N–H and O–H groups in total. The Morgan fingerprint density at radius 2 is 1.68 bits per heavy atom. The maximum absolute atomic E-state index is 12.3. The zero-order valence-electron chi connectivity index (χ0n) is 14.6. The van der Waals surface area contributed by atoms with Crippen molar-refractivity contribution < 1.29 is 19.4 Å². The van der Waals surface area contributed by atoms with Crippen molar-refractivity contribution in [3.63, 3.8) is 0 Å². The zero-order chi connectivity index (χ0) is 18.2. The molecule has 1 heterocycles. The lowest BCUT2D eigenvalue weighted by molar-refractivity contribution is 0.0583. The lowest BCUT2D eigenvalue weighted by Gasteiger charge is -2.24. The highest BCUT2D eigenvalue weighted by molar-refractivity contribution is 5.91. The molecular weight excluding hydrogens is 318 g/mol. The Hall–Kier alpha value is -2.82. The number of carboxylic acid groups (broad SMARTS) is 1. The van der Waals surface area contributed by atoms with Crippen molar-refractivity contribution >= 4 is 17.7 Å². The van der Waals surface area contributed by atoms with E-state index in [0.717, 1.165) is 28.8 Å². The molecule has 5 nitrogen and oxygen atoms in total. The summed E-state index contributed by atoms with van der Waals surface area (Å²) in [7, 11) is 0. The minimum absolute atomic E-state index is 0.265. The fourth-order valence-corrected chi connectivity index (χ4v) is 2.89. The van der Waals surface area contributed by atoms with E-state index in [1.807, 2.05) is 32.9 Å². The highest BCUT2D eigenvalue weighted by Gasteiger charge is 2.29. The van der Waals surface area contributed by atoms with E-state index in [0.29, 0.717) is 6.54 Å². The highest BCUT2D eigenvalue weighted by atomic mass is 16.6. The second-order valence-corrected chi connectivity index (χ2v) is 7.11. The maximum Gasteiger partial charge on any atom is 0.414 e. The molecule has 0 aromatic heterocycles. The van der Waals surface area contributed by atoms with Crippen molar-refractivity contribution in [1.29, 1.82) is 0 Å². The molecule has 0 atom stereocenters. The number of benzene rings is 2. The number of nitrogens with zero attached hydrogens (tertiary/aromatic N) is 1. The second kappa shape index (κ2) is 6.24. The molecule has 1 aliphatic rings. The van der Waals surface area contributed by atoms with Gasteiger partial charge in [0, 0.05) is 6.54 Å². The Labute approximate surface area is 146 Å². The van der Waals surface area contributed by atoms with E-state index in [4.69, 9.17) is 9.84 Å². The normalized spacial score (nSPS) is 13.5. The van der Waals surface area contributed by atoms with Crippen LogP contribution in [0, 0.1) is 0 Å². The molecule has 0 radical (unpaired) electrons. The van der Waals surface area contributed by atoms with Crippen molar-refractivity contribution in [2.24, 2.45) is 0 Å². The number of aromatic carboxylic acids is 1. The van der Waals surface area contributed by atoms with Crippen LogP contribution in [0.5, 0.6) is 0 Å². The third kappa shape index (κ3) is 3.65. The van der Waals surface area contributed by atoms with Crippen LogP contribution in [-0.2, 0) is 11.2 Å². The first-order valence-electron chi connectivity index (χ1n) is 8.22. The van der Waals surface area contributed by atoms with Crippen LogP contribution in [-0.4, -0.2) is 29.3 Å². The first kappa shape index (κ1) is 17.0. The molecule has 2 aromatic rings. The monoisotopic (exact) mass is 339 g/mol. The minimum atomic E-state index is -0.937. The van der Waals surface area contributed by atoms with Gasteiger partial charge in [-0.2, -0.15) is 0 Å². The predicted molar refractivity (Wildman–Crippen MR) is 96.1 cm³/mol. The minimum Gasteiger partial charge on any atom is -0.478 e. The molecule has 130 valence electrons. The summed E-state index contributed by atoms with van der Waals surface area (Å²) in [5.41, 5.74) is 3.66. The van der Waals surface area contributed by atoms with Crippen LogP contribution in [0.3, 0.4) is 0 Å². The molecule has 25 heavy (non-hydrogen) atoms. The number of fused-ring (bicyclic) bond motifs is 1. The van der Waals surface area contributed by atoms with Crippen LogP contribution in [0.15, 0.2) is 42.5 Å². The molecule has 0 saturated carbocycles. The molecule has 0 saturated heterocycles. The van der Waals surface area contributed by atoms with Crippen LogP contribution >= 0.6 is 0 Å². The fourth-order valence-electron chi connectivity index (χ4n) is 2.89. The SMILES string of the molecule is CC(C)(C)OC(=O)N1CCc2cc(-c3ccc(C(=O)O)cc3)ccc21. The number of hydrogen-bond acceptors (Lipinski definition) is 3. The van der Waals surface area contributed by atoms with E-state index < -0.39 is 11.6 Å². The summed E-state index contributed by atoms with van der Waals surface area (Å²) in [6, 6.07) is 12.7. The molecule has 1 amide bonds. The summed E-state index contributed by atoms with van der Waals surface area (Å²) < 4.78 is 5.46. The van der Waals surface area contributed by atoms with Crippen LogP contribution < -0.4 is 4.90 Å². The molecule has 0 fully saturated rings. The maximum atomic E-state index is 12.3. The van der Waals surface area contributed by atoms with Gasteiger partial charge < -0.3 is 9.84 Å². The summed E-state index contributed by atoms with van der Waals surface area (Å²) in [6.45, 7) is 6.16. The van der Waals surface area contributed by atoms with Gasteiger partial charge in [0.05, 0.1) is 11.3 Å². The van der Waals surface area contributed by atoms with Crippen molar-refractivity contribution in [3.8, 4) is 11.1 Å². The van der Waals surface area contributed by atoms with E-state index in [-0.39, 0.29) is 11.7 Å². The molecule has 5 heteroatoms. The predicted octanol–water partition coefficient (Wildman–Crippen LogP) is 4.35. The molecule has 0 spiro atoms. The van der Waals surface area contributed by atoms with Crippen molar-refractivity contribution in [2.45, 2.75) is 32.8 Å². The number of ether oxygens (including phenoxy) is 1. The average Bonchev–Trinajstić information content (AvgIpc) is 2.96. The Balaban J connectivity index is 1.84. The van der Waals surface area contributed by atoms with Crippen LogP contribution in [0.25, 0.3) is 11.1 Å². The van der Waals surface area contributed by atoms with E-state index >= 15 is 0 Å². The number of carbonyl (C=O) groups is 2. The largest absolute Gasteiger partial charge is 0.478 e. The molecule has 3 rings (SSSR count). The van der Waals surface area contributed by atoms with E-state index in [2.05, 4.69) is 6.07 Å². The quantitative estimate of drug-likeness (QED) is 0.883. The Kier molecular flexibility index (Phi) is 4.25. The average molecular weight is 339 g/mol. The van der Waals surface area contributed by atoms with Gasteiger partial charge in [-0.1, -0.05) is 18.2 Å². The first-order valence-corrected chi connectivity index (χ1v) is 8.22. The summed E-state index contributed by atoms with van der Waals surface area (Å²) in [4.78, 5) is 24.9. The van der Waals surface area contributed by atoms with E-state index in [1.54, 1.807) is 29.2 Å². The van der Waals surface area contributed by atoms with Crippen LogP contribution in [0.4, 0.5) is 10.5 Å². The second-order valence-electron chi connectivity index (χ2n) is 7.11. The summed E-state index contributed by atoms with van der Waals surface area (Å²) >= 11 is 0. The van der Waals surface area contributed by atoms with Crippen molar-refractivity contribution in [3.05, 3.63) is 53.6 Å². The zero-order valence-corrected chi connectivity index (χ0v) is 14.6. The first-order chi connectivity index (χ1) is 11.7. The van der Waals surface area contributed by atoms with Gasteiger partial charge in [0.1, 0.15) is 5.60 Å². The van der Waals surface area contributed by atoms with Gasteiger partial charge >= 0.3 is 12.1 Å². The van der Waals surface area contributed by atoms with Gasteiger partial charge in [0.25, 0.3) is 0 Å². The van der Waals surface area contributed by atoms with Gasteiger partial charge in [-0.05, 0) is 68.1 Å². The van der Waals surface area contributed by atoms with Gasteiger partial charge in [-0.3, -0.25) is 4.90 Å². The smallest absolute Gasteiger partial charge is 0.414 e. The number of amides is 1. The lowest BCUT2D eigenvalue weighted by atomic mass is 10.0. The standard InChI is InChI=1S/C20H21NO4/c1-20(2,3)25-19(24)21-11-10-16-12-15(8-9-17(16)21)13-4-6-14(7-5-13)18(22)23/h4-9,12H,10-11H2,1-3H3,(H,22,23). The topological polar surface area (TPSA) is 66.8 Å². The number of rotatable bonds is 2. The van der Waals surface area contributed by atoms with Crippen LogP contribution in [0.2, 0.25) is 0 Å². The number of hydrogen-bond donors (Lipinski definition) is 1. The van der Waals surface area contributed by atoms with E-state index in [9.17, 15) is 9.59 Å². The molecule has 2 aromatic carbocycles. The Morgan fingerprint density at radius 3 is 2.28 bits per heavy atom. The van der Waals surface area contributed by atoms with Crippen LogP contribution in [0.1, 0.15) is 36.7 Å².